The van der Waals surface area contributed by atoms with Crippen molar-refractivity contribution in [3.8, 4) is 23.7 Å². The molecule has 0 spiro atoms. The van der Waals surface area contributed by atoms with Crippen LogP contribution in [0.2, 0.25) is 0 Å². The topological polar surface area (TPSA) is 122 Å². The van der Waals surface area contributed by atoms with Crippen molar-refractivity contribution in [2.45, 2.75) is 43.9 Å². The van der Waals surface area contributed by atoms with E-state index in [2.05, 4.69) is 28.8 Å². The summed E-state index contributed by atoms with van der Waals surface area (Å²) < 4.78 is 23.9. The molecule has 164 valence electrons. The van der Waals surface area contributed by atoms with Crippen molar-refractivity contribution in [1.29, 1.82) is 0 Å². The molecule has 2 aromatic rings. The van der Waals surface area contributed by atoms with E-state index in [9.17, 15) is 18.3 Å². The summed E-state index contributed by atoms with van der Waals surface area (Å²) in [5.74, 6) is 10.7. The maximum atomic E-state index is 12.1. The summed E-state index contributed by atoms with van der Waals surface area (Å²) in [6.07, 6.45) is 5.55. The van der Waals surface area contributed by atoms with E-state index in [1.54, 1.807) is 16.9 Å². The van der Waals surface area contributed by atoms with Crippen LogP contribution in [0.1, 0.15) is 38.2 Å². The van der Waals surface area contributed by atoms with Crippen LogP contribution >= 0.6 is 0 Å². The highest BCUT2D eigenvalue weighted by Crippen LogP contribution is 2.39. The molecule has 1 fully saturated rings. The van der Waals surface area contributed by atoms with Gasteiger partial charge < -0.3 is 5.11 Å². The quantitative estimate of drug-likeness (QED) is 0.351. The number of hydrogen-bond acceptors (Lipinski definition) is 6. The summed E-state index contributed by atoms with van der Waals surface area (Å²) in [6, 6.07) is 5.48. The van der Waals surface area contributed by atoms with Gasteiger partial charge >= 0.3 is 0 Å². The zero-order valence-electron chi connectivity index (χ0n) is 17.5. The average molecular weight is 444 g/mol. The molecular weight excluding hydrogens is 418 g/mol. The molecule has 0 radical (unpaired) electrons. The maximum absolute atomic E-state index is 12.1. The Kier molecular flexibility index (Phi) is 6.42. The number of rotatable bonds is 6. The zero-order valence-corrected chi connectivity index (χ0v) is 18.3. The van der Waals surface area contributed by atoms with Crippen molar-refractivity contribution in [3.05, 3.63) is 30.0 Å². The van der Waals surface area contributed by atoms with E-state index in [-0.39, 0.29) is 25.0 Å². The van der Waals surface area contributed by atoms with Gasteiger partial charge in [-0.3, -0.25) is 14.7 Å². The highest BCUT2D eigenvalue weighted by Gasteiger charge is 2.43. The Morgan fingerprint density at radius 2 is 2.10 bits per heavy atom. The minimum Gasteiger partial charge on any atom is -0.395 e. The summed E-state index contributed by atoms with van der Waals surface area (Å²) in [5, 5.41) is 23.6. The number of aryl methyl sites for hydroxylation is 1. The molecule has 1 saturated carbocycles. The number of aromatic nitrogens is 2. The van der Waals surface area contributed by atoms with E-state index in [1.807, 2.05) is 12.1 Å². The third-order valence-electron chi connectivity index (χ3n) is 5.98. The molecule has 9 heteroatoms. The summed E-state index contributed by atoms with van der Waals surface area (Å²) in [4.78, 5) is 11.9. The van der Waals surface area contributed by atoms with Gasteiger partial charge in [-0.2, -0.15) is 5.10 Å². The first kappa shape index (κ1) is 22.8. The van der Waals surface area contributed by atoms with Gasteiger partial charge in [-0.1, -0.05) is 18.3 Å². The molecule has 0 saturated heterocycles. The fraction of sp³-hybridized carbons (Fsp3) is 0.455. The fourth-order valence-corrected chi connectivity index (χ4v) is 4.22. The summed E-state index contributed by atoms with van der Waals surface area (Å²) in [7, 11) is -3.77. The lowest BCUT2D eigenvalue weighted by molar-refractivity contribution is -0.131. The molecule has 1 atom stereocenters. The van der Waals surface area contributed by atoms with Crippen LogP contribution in [0.25, 0.3) is 10.9 Å². The molecule has 1 amide bonds. The number of aliphatic hydroxyl groups excluding tert-OH is 1. The normalized spacial score (nSPS) is 16.8. The van der Waals surface area contributed by atoms with Crippen LogP contribution in [0.3, 0.4) is 0 Å². The van der Waals surface area contributed by atoms with Crippen molar-refractivity contribution in [1.82, 2.24) is 15.3 Å². The number of fused-ring (bicyclic) bond motifs is 1. The Morgan fingerprint density at radius 1 is 1.35 bits per heavy atom. The predicted molar refractivity (Wildman–Crippen MR) is 116 cm³/mol. The summed E-state index contributed by atoms with van der Waals surface area (Å²) in [5.41, 5.74) is 2.62. The second-order valence-electron chi connectivity index (χ2n) is 8.15. The molecule has 8 nitrogen and oxygen atoms in total. The number of hydrogen-bond donors (Lipinski definition) is 3. The number of carbonyl (C=O) groups is 1. The van der Waals surface area contributed by atoms with E-state index in [0.29, 0.717) is 5.52 Å². The SMILES string of the molecule is C[C@@](CCn1cc2cc(C#CC#CC3(CO)CCC3)ccc2n1)(C(=O)NO)S(C)(=O)=O. The van der Waals surface area contributed by atoms with Crippen LogP contribution in [0, 0.1) is 29.1 Å². The average Bonchev–Trinajstić information content (AvgIpc) is 3.11. The maximum Gasteiger partial charge on any atom is 0.264 e. The standard InChI is InChI=1S/C22H25N3O5S/c1-21(20(27)24-28,31(2,29)30)12-13-25-15-18-14-17(7-8-19(18)23-25)6-3-4-9-22(16-26)10-5-11-22/h7-8,14-15,26,28H,5,10-13,16H2,1-2H3,(H,24,27)/t21-/m1/s1. The molecule has 0 unspecified atom stereocenters. The Morgan fingerprint density at radius 3 is 2.68 bits per heavy atom. The van der Waals surface area contributed by atoms with Crippen LogP contribution in [-0.4, -0.2) is 52.0 Å². The monoisotopic (exact) mass is 443 g/mol. The second-order valence-corrected chi connectivity index (χ2v) is 10.6. The van der Waals surface area contributed by atoms with Gasteiger partial charge in [-0.25, -0.2) is 13.9 Å². The van der Waals surface area contributed by atoms with Crippen LogP contribution in [-0.2, 0) is 21.2 Å². The smallest absolute Gasteiger partial charge is 0.264 e. The molecule has 0 aliphatic heterocycles. The third kappa shape index (κ3) is 4.75. The number of benzene rings is 1. The van der Waals surface area contributed by atoms with Gasteiger partial charge in [0.1, 0.15) is 0 Å². The molecule has 1 heterocycles. The van der Waals surface area contributed by atoms with Crippen molar-refractivity contribution in [2.24, 2.45) is 5.41 Å². The molecule has 1 aromatic heterocycles. The molecule has 1 aliphatic rings. The van der Waals surface area contributed by atoms with E-state index in [4.69, 9.17) is 5.21 Å². The minimum absolute atomic E-state index is 0.0545. The van der Waals surface area contributed by atoms with Crippen LogP contribution < -0.4 is 5.48 Å². The van der Waals surface area contributed by atoms with Gasteiger partial charge in [0.2, 0.25) is 0 Å². The Labute approximate surface area is 181 Å². The van der Waals surface area contributed by atoms with E-state index in [0.717, 1.165) is 36.5 Å². The number of aliphatic hydroxyl groups is 1. The first-order valence-corrected chi connectivity index (χ1v) is 11.8. The highest BCUT2D eigenvalue weighted by molar-refractivity contribution is 7.92. The van der Waals surface area contributed by atoms with E-state index >= 15 is 0 Å². The molecule has 0 bridgehead atoms. The van der Waals surface area contributed by atoms with Gasteiger partial charge in [0.05, 0.1) is 17.5 Å². The number of carbonyl (C=O) groups excluding carboxylic acids is 1. The van der Waals surface area contributed by atoms with Crippen LogP contribution in [0.4, 0.5) is 0 Å². The van der Waals surface area contributed by atoms with Gasteiger partial charge in [0.15, 0.2) is 14.6 Å². The highest BCUT2D eigenvalue weighted by atomic mass is 32.2. The van der Waals surface area contributed by atoms with E-state index in [1.165, 1.54) is 12.4 Å². The Balaban J connectivity index is 1.75. The largest absolute Gasteiger partial charge is 0.395 e. The van der Waals surface area contributed by atoms with Crippen molar-refractivity contribution in [2.75, 3.05) is 12.9 Å². The molecular formula is C22H25N3O5S. The van der Waals surface area contributed by atoms with Crippen molar-refractivity contribution in [3.63, 3.8) is 0 Å². The number of nitrogens with zero attached hydrogens (tertiary/aromatic N) is 2. The van der Waals surface area contributed by atoms with Gasteiger partial charge in [0.25, 0.3) is 5.91 Å². The summed E-state index contributed by atoms with van der Waals surface area (Å²) in [6.45, 7) is 1.50. The first-order chi connectivity index (χ1) is 14.6. The number of hydroxylamine groups is 1. The van der Waals surface area contributed by atoms with Gasteiger partial charge in [-0.15, -0.1) is 0 Å². The van der Waals surface area contributed by atoms with Gasteiger partial charge in [0, 0.05) is 29.9 Å². The molecule has 3 rings (SSSR count). The number of nitrogens with one attached hydrogen (secondary N) is 1. The second kappa shape index (κ2) is 8.72. The lowest BCUT2D eigenvalue weighted by Gasteiger charge is -2.34. The lowest BCUT2D eigenvalue weighted by Crippen LogP contribution is -2.49. The lowest BCUT2D eigenvalue weighted by atomic mass is 9.70. The van der Waals surface area contributed by atoms with E-state index < -0.39 is 20.5 Å². The fourth-order valence-electron chi connectivity index (χ4n) is 3.38. The third-order valence-corrected chi connectivity index (χ3v) is 8.01. The zero-order chi connectivity index (χ0) is 22.7. The van der Waals surface area contributed by atoms with Crippen molar-refractivity contribution < 1.29 is 23.5 Å². The predicted octanol–water partition coefficient (Wildman–Crippen LogP) is 1.25. The molecule has 31 heavy (non-hydrogen) atoms. The van der Waals surface area contributed by atoms with Gasteiger partial charge in [-0.05, 0) is 56.2 Å². The first-order valence-electron chi connectivity index (χ1n) is 9.88. The minimum atomic E-state index is -3.77. The molecule has 1 aliphatic carbocycles. The van der Waals surface area contributed by atoms with Crippen LogP contribution in [0.5, 0.6) is 0 Å². The van der Waals surface area contributed by atoms with Crippen LogP contribution in [0.15, 0.2) is 24.4 Å². The number of sulfone groups is 1. The molecule has 1 aromatic carbocycles. The van der Waals surface area contributed by atoms with Crippen molar-refractivity contribution >= 4 is 26.6 Å². The Hall–Kier alpha value is -2.85. The number of amides is 1. The Bertz CT molecular complexity index is 1220. The summed E-state index contributed by atoms with van der Waals surface area (Å²) >= 11 is 0. The molecule has 3 N–H and O–H groups in total.